The number of nitrogens with zero attached hydrogens (tertiary/aromatic N) is 2. The molecule has 1 fully saturated rings. The van der Waals surface area contributed by atoms with Crippen LogP contribution in [0.15, 0.2) is 48.5 Å². The molecular formula is C29H35N5O4S. The number of nitrogens with one attached hydrogen (secondary N) is 1. The number of ether oxygens (including phenoxy) is 1. The molecule has 1 aliphatic rings. The third-order valence-electron chi connectivity index (χ3n) is 6.93. The van der Waals surface area contributed by atoms with Crippen molar-refractivity contribution in [2.24, 2.45) is 5.73 Å². The summed E-state index contributed by atoms with van der Waals surface area (Å²) in [6.07, 6.45) is 3.88. The van der Waals surface area contributed by atoms with Crippen molar-refractivity contribution >= 4 is 40.6 Å². The van der Waals surface area contributed by atoms with Crippen LogP contribution in [0.2, 0.25) is 0 Å². The molecule has 1 heterocycles. The zero-order valence-corrected chi connectivity index (χ0v) is 23.3. The molecule has 3 amide bonds. The summed E-state index contributed by atoms with van der Waals surface area (Å²) in [6, 6.07) is 13.7. The molecule has 5 N–H and O–H groups in total. The van der Waals surface area contributed by atoms with Crippen molar-refractivity contribution in [1.82, 2.24) is 9.69 Å². The molecule has 1 unspecified atom stereocenters. The molecule has 0 bridgehead atoms. The molecule has 0 spiro atoms. The van der Waals surface area contributed by atoms with Crippen molar-refractivity contribution in [2.45, 2.75) is 64.5 Å². The van der Waals surface area contributed by atoms with Crippen molar-refractivity contribution in [1.29, 1.82) is 0 Å². The van der Waals surface area contributed by atoms with Crippen LogP contribution in [-0.2, 0) is 4.79 Å². The Morgan fingerprint density at radius 1 is 1.05 bits per heavy atom. The minimum Gasteiger partial charge on any atom is -0.494 e. The normalized spacial score (nSPS) is 14.3. The Morgan fingerprint density at radius 3 is 2.21 bits per heavy atom. The van der Waals surface area contributed by atoms with E-state index in [1.165, 1.54) is 4.90 Å². The zero-order chi connectivity index (χ0) is 28.1. The highest BCUT2D eigenvalue weighted by atomic mass is 32.1. The summed E-state index contributed by atoms with van der Waals surface area (Å²) >= 11 is 0.791. The van der Waals surface area contributed by atoms with Gasteiger partial charge >= 0.3 is 0 Å². The molecule has 2 aromatic carbocycles. The lowest BCUT2D eigenvalue weighted by Crippen LogP contribution is -2.46. The van der Waals surface area contributed by atoms with Gasteiger partial charge in [-0.1, -0.05) is 51.0 Å². The second-order valence-electron chi connectivity index (χ2n) is 9.95. The van der Waals surface area contributed by atoms with Gasteiger partial charge < -0.3 is 21.5 Å². The van der Waals surface area contributed by atoms with Gasteiger partial charge in [-0.25, -0.2) is 0 Å². The second kappa shape index (κ2) is 12.3. The van der Waals surface area contributed by atoms with Gasteiger partial charge in [-0.05, 0) is 72.6 Å². The molecule has 1 atom stereocenters. The van der Waals surface area contributed by atoms with Gasteiger partial charge in [0.1, 0.15) is 16.7 Å². The van der Waals surface area contributed by atoms with Crippen molar-refractivity contribution in [3.8, 4) is 5.75 Å². The van der Waals surface area contributed by atoms with Crippen molar-refractivity contribution in [3.63, 3.8) is 0 Å². The maximum atomic E-state index is 14.2. The van der Waals surface area contributed by atoms with E-state index in [0.717, 1.165) is 42.8 Å². The highest BCUT2D eigenvalue weighted by molar-refractivity contribution is 7.09. The Kier molecular flexibility index (Phi) is 8.86. The van der Waals surface area contributed by atoms with Crippen LogP contribution in [-0.4, -0.2) is 34.7 Å². The molecule has 0 aliphatic heterocycles. The smallest absolute Gasteiger partial charge is 0.273 e. The predicted molar refractivity (Wildman–Crippen MR) is 153 cm³/mol. The quantitative estimate of drug-likeness (QED) is 0.332. The van der Waals surface area contributed by atoms with E-state index in [0.29, 0.717) is 23.6 Å². The molecule has 9 nitrogen and oxygen atoms in total. The first-order valence-electron chi connectivity index (χ1n) is 13.2. The van der Waals surface area contributed by atoms with Crippen LogP contribution in [0.5, 0.6) is 5.75 Å². The molecule has 39 heavy (non-hydrogen) atoms. The molecule has 10 heteroatoms. The SMILES string of the molecule is CCOc1ccc(C(C(=O)NC2CCCC2)N(C(=O)c2snc(C(N)=O)c2N)c2ccc(C(C)C)cc2)cc1. The van der Waals surface area contributed by atoms with Gasteiger partial charge in [0.15, 0.2) is 5.69 Å². The van der Waals surface area contributed by atoms with Crippen LogP contribution in [0, 0.1) is 0 Å². The van der Waals surface area contributed by atoms with E-state index in [-0.39, 0.29) is 34.1 Å². The zero-order valence-electron chi connectivity index (χ0n) is 22.5. The second-order valence-corrected chi connectivity index (χ2v) is 10.7. The first-order valence-corrected chi connectivity index (χ1v) is 14.0. The number of rotatable bonds is 10. The van der Waals surface area contributed by atoms with Crippen LogP contribution < -0.4 is 26.4 Å². The fraction of sp³-hybridized carbons (Fsp3) is 0.379. The number of hydrogen-bond acceptors (Lipinski definition) is 7. The fourth-order valence-electron chi connectivity index (χ4n) is 4.82. The van der Waals surface area contributed by atoms with E-state index in [9.17, 15) is 14.4 Å². The average Bonchev–Trinajstić information content (AvgIpc) is 3.57. The summed E-state index contributed by atoms with van der Waals surface area (Å²) in [5.74, 6) is -0.724. The molecule has 1 aliphatic carbocycles. The molecule has 1 aromatic heterocycles. The lowest BCUT2D eigenvalue weighted by molar-refractivity contribution is -0.123. The number of nitrogens with two attached hydrogens (primary N) is 2. The summed E-state index contributed by atoms with van der Waals surface area (Å²) in [6.45, 7) is 6.57. The summed E-state index contributed by atoms with van der Waals surface area (Å²) in [5.41, 5.74) is 13.5. The minimum atomic E-state index is -1.02. The largest absolute Gasteiger partial charge is 0.494 e. The van der Waals surface area contributed by atoms with Crippen LogP contribution in [0.1, 0.15) is 89.7 Å². The van der Waals surface area contributed by atoms with Crippen molar-refractivity contribution in [3.05, 3.63) is 70.2 Å². The summed E-state index contributed by atoms with van der Waals surface area (Å²) < 4.78 is 9.62. The van der Waals surface area contributed by atoms with Gasteiger partial charge in [0.25, 0.3) is 11.8 Å². The van der Waals surface area contributed by atoms with E-state index in [2.05, 4.69) is 23.5 Å². The molecule has 206 valence electrons. The topological polar surface area (TPSA) is 141 Å². The number of benzene rings is 2. The molecule has 4 rings (SSSR count). The highest BCUT2D eigenvalue weighted by Gasteiger charge is 2.37. The third-order valence-corrected chi connectivity index (χ3v) is 7.78. The first kappa shape index (κ1) is 28.1. The molecular weight excluding hydrogens is 514 g/mol. The number of anilines is 2. The third kappa shape index (κ3) is 6.22. The number of carbonyl (C=O) groups is 3. The molecule has 0 radical (unpaired) electrons. The van der Waals surface area contributed by atoms with Gasteiger partial charge in [0, 0.05) is 11.7 Å². The Balaban J connectivity index is 1.84. The van der Waals surface area contributed by atoms with Crippen LogP contribution in [0.4, 0.5) is 11.4 Å². The summed E-state index contributed by atoms with van der Waals surface area (Å²) in [7, 11) is 0. The summed E-state index contributed by atoms with van der Waals surface area (Å²) in [5, 5.41) is 3.16. The predicted octanol–water partition coefficient (Wildman–Crippen LogP) is 4.79. The van der Waals surface area contributed by atoms with Gasteiger partial charge in [0.2, 0.25) is 5.91 Å². The lowest BCUT2D eigenvalue weighted by Gasteiger charge is -2.32. The fourth-order valence-corrected chi connectivity index (χ4v) is 5.57. The maximum absolute atomic E-state index is 14.2. The van der Waals surface area contributed by atoms with Crippen molar-refractivity contribution < 1.29 is 19.1 Å². The standard InChI is InChI=1S/C29H35N5O4S/c1-4-38-22-15-11-19(12-16-22)25(28(36)32-20-7-5-6-8-20)34(21-13-9-18(10-14-21)17(2)3)29(37)26-23(30)24(27(31)35)33-39-26/h9-17,20,25H,4-8,30H2,1-3H3,(H2,31,35)(H,32,36). The van der Waals surface area contributed by atoms with E-state index in [1.54, 1.807) is 24.3 Å². The average molecular weight is 550 g/mol. The number of hydrogen-bond donors (Lipinski definition) is 3. The molecule has 1 saturated carbocycles. The van der Waals surface area contributed by atoms with Crippen molar-refractivity contribution in [2.75, 3.05) is 17.2 Å². The van der Waals surface area contributed by atoms with E-state index in [1.807, 2.05) is 31.2 Å². The maximum Gasteiger partial charge on any atom is 0.273 e. The monoisotopic (exact) mass is 549 g/mol. The molecule has 0 saturated heterocycles. The van der Waals surface area contributed by atoms with Gasteiger partial charge in [-0.15, -0.1) is 0 Å². The Morgan fingerprint density at radius 2 is 1.67 bits per heavy atom. The van der Waals surface area contributed by atoms with E-state index >= 15 is 0 Å². The van der Waals surface area contributed by atoms with E-state index in [4.69, 9.17) is 16.2 Å². The number of aromatic nitrogens is 1. The van der Waals surface area contributed by atoms with Gasteiger partial charge in [0.05, 0.1) is 12.3 Å². The Bertz CT molecular complexity index is 1310. The summed E-state index contributed by atoms with van der Waals surface area (Å²) in [4.78, 5) is 41.5. The Labute approximate surface area is 232 Å². The van der Waals surface area contributed by atoms with Crippen LogP contribution in [0.3, 0.4) is 0 Å². The lowest BCUT2D eigenvalue weighted by atomic mass is 9.99. The van der Waals surface area contributed by atoms with Crippen LogP contribution in [0.25, 0.3) is 0 Å². The molecule has 3 aromatic rings. The minimum absolute atomic E-state index is 0.0397. The Hall–Kier alpha value is -3.92. The van der Waals surface area contributed by atoms with Crippen LogP contribution >= 0.6 is 11.5 Å². The number of primary amides is 1. The first-order chi connectivity index (χ1) is 18.7. The van der Waals surface area contributed by atoms with Gasteiger partial charge in [-0.2, -0.15) is 4.37 Å². The number of amides is 3. The van der Waals surface area contributed by atoms with Gasteiger partial charge in [-0.3, -0.25) is 19.3 Å². The van der Waals surface area contributed by atoms with E-state index < -0.39 is 17.9 Å². The number of carbonyl (C=O) groups excluding carboxylic acids is 3. The number of nitrogen functional groups attached to an aromatic ring is 1. The highest BCUT2D eigenvalue weighted by Crippen LogP contribution is 2.35.